The summed E-state index contributed by atoms with van der Waals surface area (Å²) in [5, 5.41) is -0.182. The van der Waals surface area contributed by atoms with Gasteiger partial charge in [0.2, 0.25) is 10.0 Å². The van der Waals surface area contributed by atoms with Gasteiger partial charge in [0.1, 0.15) is 5.75 Å². The molecule has 0 aliphatic carbocycles. The van der Waals surface area contributed by atoms with Gasteiger partial charge in [-0.3, -0.25) is 4.72 Å². The predicted molar refractivity (Wildman–Crippen MR) is 101 cm³/mol. The second-order valence-corrected chi connectivity index (χ2v) is 9.66. The highest BCUT2D eigenvalue weighted by Crippen LogP contribution is 2.31. The standard InChI is InChI=1S/C16H22N4O6S2/c1-3-26-15-5-4-13(28(23,24)20-6-8-25-9-7-20)10-14(15)18-27(21,22)16-11-19(2)12-17-16/h4-5,10-12,18H,3,6-9H2,1-2H3. The summed E-state index contributed by atoms with van der Waals surface area (Å²) < 4.78 is 66.8. The van der Waals surface area contributed by atoms with Crippen LogP contribution in [-0.4, -0.2) is 63.6 Å². The van der Waals surface area contributed by atoms with Gasteiger partial charge in [0.15, 0.2) is 5.03 Å². The Morgan fingerprint density at radius 3 is 2.54 bits per heavy atom. The summed E-state index contributed by atoms with van der Waals surface area (Å²) in [6, 6.07) is 4.09. The molecule has 10 nitrogen and oxygen atoms in total. The van der Waals surface area contributed by atoms with Gasteiger partial charge < -0.3 is 14.0 Å². The van der Waals surface area contributed by atoms with Gasteiger partial charge in [-0.05, 0) is 25.1 Å². The number of aryl methyl sites for hydroxylation is 1. The maximum absolute atomic E-state index is 12.9. The van der Waals surface area contributed by atoms with Gasteiger partial charge in [0, 0.05) is 26.3 Å². The van der Waals surface area contributed by atoms with Crippen molar-refractivity contribution in [1.29, 1.82) is 0 Å². The van der Waals surface area contributed by atoms with E-state index in [0.29, 0.717) is 13.2 Å². The lowest BCUT2D eigenvalue weighted by atomic mass is 10.3. The number of hydrogen-bond donors (Lipinski definition) is 1. The molecular weight excluding hydrogens is 408 g/mol. The Morgan fingerprint density at radius 1 is 1.21 bits per heavy atom. The lowest BCUT2D eigenvalue weighted by Crippen LogP contribution is -2.40. The molecule has 0 atom stereocenters. The van der Waals surface area contributed by atoms with Gasteiger partial charge in [0.05, 0.1) is 36.7 Å². The van der Waals surface area contributed by atoms with E-state index in [1.54, 1.807) is 14.0 Å². The van der Waals surface area contributed by atoms with Crippen LogP contribution in [0.4, 0.5) is 5.69 Å². The van der Waals surface area contributed by atoms with Crippen molar-refractivity contribution in [3.8, 4) is 5.75 Å². The van der Waals surface area contributed by atoms with E-state index in [0.717, 1.165) is 0 Å². The van der Waals surface area contributed by atoms with E-state index in [9.17, 15) is 16.8 Å². The summed E-state index contributed by atoms with van der Waals surface area (Å²) in [6.45, 7) is 3.14. The number of morpholine rings is 1. The Balaban J connectivity index is 1.98. The Morgan fingerprint density at radius 2 is 1.93 bits per heavy atom. The maximum Gasteiger partial charge on any atom is 0.281 e. The largest absolute Gasteiger partial charge is 0.492 e. The molecule has 154 valence electrons. The van der Waals surface area contributed by atoms with Crippen molar-refractivity contribution in [3.63, 3.8) is 0 Å². The number of hydrogen-bond acceptors (Lipinski definition) is 7. The number of ether oxygens (including phenoxy) is 2. The number of rotatable bonds is 7. The van der Waals surface area contributed by atoms with E-state index >= 15 is 0 Å². The normalized spacial score (nSPS) is 16.1. The molecule has 0 bridgehead atoms. The van der Waals surface area contributed by atoms with Gasteiger partial charge in [0.25, 0.3) is 10.0 Å². The van der Waals surface area contributed by atoms with Crippen molar-refractivity contribution < 1.29 is 26.3 Å². The summed E-state index contributed by atoms with van der Waals surface area (Å²) in [5.74, 6) is 0.225. The minimum Gasteiger partial charge on any atom is -0.492 e. The zero-order chi connectivity index (χ0) is 20.4. The number of anilines is 1. The Labute approximate surface area is 164 Å². The summed E-state index contributed by atoms with van der Waals surface area (Å²) in [4.78, 5) is 3.80. The van der Waals surface area contributed by atoms with E-state index in [4.69, 9.17) is 9.47 Å². The van der Waals surface area contributed by atoms with Crippen LogP contribution in [-0.2, 0) is 31.8 Å². The van der Waals surface area contributed by atoms with Gasteiger partial charge in [-0.15, -0.1) is 0 Å². The minimum atomic E-state index is -4.01. The molecule has 1 aliphatic heterocycles. The SMILES string of the molecule is CCOc1ccc(S(=O)(=O)N2CCOCC2)cc1NS(=O)(=O)c1cn(C)cn1. The number of benzene rings is 1. The second-order valence-electron chi connectivity index (χ2n) is 6.09. The quantitative estimate of drug-likeness (QED) is 0.684. The number of sulfonamides is 2. The average molecular weight is 431 g/mol. The van der Waals surface area contributed by atoms with Crippen LogP contribution in [0.5, 0.6) is 5.75 Å². The van der Waals surface area contributed by atoms with Crippen molar-refractivity contribution in [2.45, 2.75) is 16.8 Å². The zero-order valence-corrected chi connectivity index (χ0v) is 17.2. The molecule has 0 spiro atoms. The van der Waals surface area contributed by atoms with E-state index < -0.39 is 20.0 Å². The third-order valence-electron chi connectivity index (χ3n) is 4.06. The molecule has 12 heteroatoms. The van der Waals surface area contributed by atoms with Crippen molar-refractivity contribution >= 4 is 25.7 Å². The van der Waals surface area contributed by atoms with Crippen LogP contribution in [0.3, 0.4) is 0 Å². The third kappa shape index (κ3) is 4.29. The van der Waals surface area contributed by atoms with Gasteiger partial charge in [-0.2, -0.15) is 12.7 Å². The van der Waals surface area contributed by atoms with Crippen LogP contribution in [0.1, 0.15) is 6.92 Å². The molecule has 0 unspecified atom stereocenters. The van der Waals surface area contributed by atoms with Crippen LogP contribution in [0.2, 0.25) is 0 Å². The van der Waals surface area contributed by atoms with E-state index in [2.05, 4.69) is 9.71 Å². The summed E-state index contributed by atoms with van der Waals surface area (Å²) in [6.07, 6.45) is 2.70. The highest BCUT2D eigenvalue weighted by atomic mass is 32.2. The van der Waals surface area contributed by atoms with Crippen LogP contribution in [0.15, 0.2) is 40.6 Å². The first-order valence-corrected chi connectivity index (χ1v) is 11.5. The summed E-state index contributed by atoms with van der Waals surface area (Å²) in [7, 11) is -6.15. The van der Waals surface area contributed by atoms with Crippen LogP contribution in [0.25, 0.3) is 0 Å². The lowest BCUT2D eigenvalue weighted by molar-refractivity contribution is 0.0730. The first kappa shape index (κ1) is 20.6. The lowest BCUT2D eigenvalue weighted by Gasteiger charge is -2.26. The fourth-order valence-electron chi connectivity index (χ4n) is 2.69. The zero-order valence-electron chi connectivity index (χ0n) is 15.5. The number of imidazole rings is 1. The highest BCUT2D eigenvalue weighted by Gasteiger charge is 2.28. The molecule has 0 saturated carbocycles. The van der Waals surface area contributed by atoms with Gasteiger partial charge in [-0.1, -0.05) is 0 Å². The molecule has 1 fully saturated rings. The number of nitrogens with one attached hydrogen (secondary N) is 1. The van der Waals surface area contributed by atoms with E-state index in [-0.39, 0.29) is 41.1 Å². The van der Waals surface area contributed by atoms with Crippen molar-refractivity contribution in [2.75, 3.05) is 37.6 Å². The number of aromatic nitrogens is 2. The molecule has 1 aromatic heterocycles. The molecule has 1 aliphatic rings. The Kier molecular flexibility index (Phi) is 5.93. The molecule has 1 saturated heterocycles. The van der Waals surface area contributed by atoms with E-state index in [1.807, 2.05) is 0 Å². The molecule has 28 heavy (non-hydrogen) atoms. The molecule has 1 aromatic carbocycles. The van der Waals surface area contributed by atoms with Crippen molar-refractivity contribution in [1.82, 2.24) is 13.9 Å². The first-order valence-electron chi connectivity index (χ1n) is 8.59. The van der Waals surface area contributed by atoms with Crippen LogP contribution >= 0.6 is 0 Å². The van der Waals surface area contributed by atoms with Gasteiger partial charge >= 0.3 is 0 Å². The summed E-state index contributed by atoms with van der Waals surface area (Å²) in [5.41, 5.74) is 0.0295. The topological polar surface area (TPSA) is 120 Å². The second kappa shape index (κ2) is 8.07. The molecule has 1 N–H and O–H groups in total. The fraction of sp³-hybridized carbons (Fsp3) is 0.438. The van der Waals surface area contributed by atoms with Crippen LogP contribution in [0, 0.1) is 0 Å². The Bertz CT molecular complexity index is 1040. The maximum atomic E-state index is 12.9. The van der Waals surface area contributed by atoms with Gasteiger partial charge in [-0.25, -0.2) is 13.4 Å². The van der Waals surface area contributed by atoms with Crippen molar-refractivity contribution in [2.24, 2.45) is 7.05 Å². The molecule has 0 amide bonds. The number of nitrogens with zero attached hydrogens (tertiary/aromatic N) is 3. The summed E-state index contributed by atoms with van der Waals surface area (Å²) >= 11 is 0. The molecule has 2 aromatic rings. The Hall–Kier alpha value is -2.15. The monoisotopic (exact) mass is 430 g/mol. The highest BCUT2D eigenvalue weighted by molar-refractivity contribution is 7.92. The average Bonchev–Trinajstić information content (AvgIpc) is 3.11. The van der Waals surface area contributed by atoms with E-state index in [1.165, 1.54) is 39.6 Å². The first-order chi connectivity index (χ1) is 13.2. The molecular formula is C16H22N4O6S2. The third-order valence-corrected chi connectivity index (χ3v) is 7.20. The smallest absolute Gasteiger partial charge is 0.281 e. The van der Waals surface area contributed by atoms with Crippen molar-refractivity contribution in [3.05, 3.63) is 30.7 Å². The fourth-order valence-corrected chi connectivity index (χ4v) is 5.17. The molecule has 0 radical (unpaired) electrons. The minimum absolute atomic E-state index is 0.0295. The molecule has 2 heterocycles. The molecule has 3 rings (SSSR count). The predicted octanol–water partition coefficient (Wildman–Crippen LogP) is 0.640. The van der Waals surface area contributed by atoms with Crippen LogP contribution < -0.4 is 9.46 Å².